The number of hydrogen-bond acceptors (Lipinski definition) is 4. The standard InChI is InChI=1S/C18H36N4O2/c1-3-24-17(16-6-4-5-7-16)8-9-20-18(19-2)21-10-11-22-12-14-23-15-13-22/h16-17H,3-15H2,1-2H3,(H2,19,20,21). The zero-order valence-corrected chi connectivity index (χ0v) is 15.6. The van der Waals surface area contributed by atoms with Gasteiger partial charge >= 0.3 is 0 Å². The molecule has 1 aliphatic carbocycles. The number of aliphatic imine (C=N–C) groups is 1. The fourth-order valence-corrected chi connectivity index (χ4v) is 3.71. The third-order valence-electron chi connectivity index (χ3n) is 5.08. The predicted molar refractivity (Wildman–Crippen MR) is 98.6 cm³/mol. The molecule has 6 heteroatoms. The van der Waals surface area contributed by atoms with Gasteiger partial charge in [-0.1, -0.05) is 12.8 Å². The van der Waals surface area contributed by atoms with Crippen LogP contribution < -0.4 is 10.6 Å². The molecule has 1 aliphatic heterocycles. The zero-order chi connectivity index (χ0) is 17.0. The Hall–Kier alpha value is -0.850. The molecule has 24 heavy (non-hydrogen) atoms. The summed E-state index contributed by atoms with van der Waals surface area (Å²) in [5.74, 6) is 1.65. The Labute approximate surface area is 147 Å². The smallest absolute Gasteiger partial charge is 0.191 e. The molecule has 1 saturated heterocycles. The van der Waals surface area contributed by atoms with Crippen LogP contribution in [0, 0.1) is 5.92 Å². The maximum atomic E-state index is 5.98. The lowest BCUT2D eigenvalue weighted by atomic mass is 9.98. The van der Waals surface area contributed by atoms with E-state index in [1.165, 1.54) is 25.7 Å². The minimum absolute atomic E-state index is 0.399. The van der Waals surface area contributed by atoms with Crippen LogP contribution in [0.3, 0.4) is 0 Å². The van der Waals surface area contributed by atoms with Gasteiger partial charge < -0.3 is 20.1 Å². The zero-order valence-electron chi connectivity index (χ0n) is 15.6. The fourth-order valence-electron chi connectivity index (χ4n) is 3.71. The van der Waals surface area contributed by atoms with Crippen LogP contribution >= 0.6 is 0 Å². The van der Waals surface area contributed by atoms with E-state index in [4.69, 9.17) is 9.47 Å². The largest absolute Gasteiger partial charge is 0.379 e. The molecule has 0 radical (unpaired) electrons. The third kappa shape index (κ3) is 6.95. The molecule has 1 heterocycles. The first-order valence-electron chi connectivity index (χ1n) is 9.69. The van der Waals surface area contributed by atoms with Crippen molar-refractivity contribution >= 4 is 5.96 Å². The highest BCUT2D eigenvalue weighted by atomic mass is 16.5. The second-order valence-electron chi connectivity index (χ2n) is 6.71. The highest BCUT2D eigenvalue weighted by Crippen LogP contribution is 2.30. The van der Waals surface area contributed by atoms with Crippen LogP contribution in [0.4, 0.5) is 0 Å². The topological polar surface area (TPSA) is 58.1 Å². The van der Waals surface area contributed by atoms with Crippen LogP contribution in [-0.2, 0) is 9.47 Å². The number of guanidine groups is 1. The Morgan fingerprint density at radius 1 is 1.21 bits per heavy atom. The number of hydrogen-bond donors (Lipinski definition) is 2. The number of rotatable bonds is 9. The summed E-state index contributed by atoms with van der Waals surface area (Å²) in [5.41, 5.74) is 0. The minimum atomic E-state index is 0.399. The second kappa shape index (κ2) is 11.7. The summed E-state index contributed by atoms with van der Waals surface area (Å²) in [6.45, 7) is 9.55. The van der Waals surface area contributed by atoms with Crippen molar-refractivity contribution in [1.29, 1.82) is 0 Å². The Kier molecular flexibility index (Phi) is 9.46. The second-order valence-corrected chi connectivity index (χ2v) is 6.71. The van der Waals surface area contributed by atoms with Crippen molar-refractivity contribution in [3.63, 3.8) is 0 Å². The molecule has 1 atom stereocenters. The molecule has 1 saturated carbocycles. The summed E-state index contributed by atoms with van der Waals surface area (Å²) < 4.78 is 11.4. The van der Waals surface area contributed by atoms with E-state index in [1.54, 1.807) is 0 Å². The molecule has 2 N–H and O–H groups in total. The quantitative estimate of drug-likeness (QED) is 0.492. The molecular formula is C18H36N4O2. The van der Waals surface area contributed by atoms with Gasteiger partial charge in [-0.05, 0) is 32.1 Å². The van der Waals surface area contributed by atoms with E-state index in [2.05, 4.69) is 27.4 Å². The average Bonchev–Trinajstić information content (AvgIpc) is 3.15. The van der Waals surface area contributed by atoms with Gasteiger partial charge in [0.2, 0.25) is 0 Å². The van der Waals surface area contributed by atoms with Crippen LogP contribution in [0.1, 0.15) is 39.0 Å². The van der Waals surface area contributed by atoms with Crippen LogP contribution in [0.5, 0.6) is 0 Å². The first-order valence-corrected chi connectivity index (χ1v) is 9.69. The third-order valence-corrected chi connectivity index (χ3v) is 5.08. The number of nitrogens with zero attached hydrogens (tertiary/aromatic N) is 2. The number of nitrogens with one attached hydrogen (secondary N) is 2. The van der Waals surface area contributed by atoms with E-state index in [1.807, 2.05) is 7.05 Å². The summed E-state index contributed by atoms with van der Waals surface area (Å²) in [6, 6.07) is 0. The maximum Gasteiger partial charge on any atom is 0.191 e. The van der Waals surface area contributed by atoms with Gasteiger partial charge in [0, 0.05) is 46.4 Å². The summed E-state index contributed by atoms with van der Waals surface area (Å²) in [7, 11) is 1.83. The molecule has 0 spiro atoms. The molecule has 0 aromatic carbocycles. The normalized spacial score (nSPS) is 21.8. The highest BCUT2D eigenvalue weighted by Gasteiger charge is 2.25. The first kappa shape index (κ1) is 19.5. The summed E-state index contributed by atoms with van der Waals surface area (Å²) in [4.78, 5) is 6.75. The minimum Gasteiger partial charge on any atom is -0.379 e. The first-order chi connectivity index (χ1) is 11.8. The molecule has 2 aliphatic rings. The van der Waals surface area contributed by atoms with Gasteiger partial charge in [0.15, 0.2) is 5.96 Å². The molecule has 0 aromatic heterocycles. The van der Waals surface area contributed by atoms with Crippen molar-refractivity contribution < 1.29 is 9.47 Å². The van der Waals surface area contributed by atoms with Gasteiger partial charge in [-0.3, -0.25) is 9.89 Å². The molecule has 140 valence electrons. The van der Waals surface area contributed by atoms with Gasteiger partial charge in [-0.15, -0.1) is 0 Å². The highest BCUT2D eigenvalue weighted by molar-refractivity contribution is 5.79. The Bertz CT molecular complexity index is 353. The van der Waals surface area contributed by atoms with Crippen molar-refractivity contribution in [2.24, 2.45) is 10.9 Å². The number of morpholine rings is 1. The molecule has 2 fully saturated rings. The SMILES string of the molecule is CCOC(CCNC(=NC)NCCN1CCOCC1)C1CCCC1. The van der Waals surface area contributed by atoms with Crippen LogP contribution in [0.25, 0.3) is 0 Å². The van der Waals surface area contributed by atoms with Gasteiger partial charge in [0.25, 0.3) is 0 Å². The fraction of sp³-hybridized carbons (Fsp3) is 0.944. The van der Waals surface area contributed by atoms with Crippen LogP contribution in [0.2, 0.25) is 0 Å². The lowest BCUT2D eigenvalue weighted by Gasteiger charge is -2.27. The Morgan fingerprint density at radius 3 is 2.58 bits per heavy atom. The molecule has 0 amide bonds. The maximum absolute atomic E-state index is 5.98. The summed E-state index contributed by atoms with van der Waals surface area (Å²) in [6.07, 6.45) is 6.85. The Morgan fingerprint density at radius 2 is 1.92 bits per heavy atom. The van der Waals surface area contributed by atoms with Crippen molar-refractivity contribution in [3.8, 4) is 0 Å². The lowest BCUT2D eigenvalue weighted by Crippen LogP contribution is -2.45. The molecule has 6 nitrogen and oxygen atoms in total. The van der Waals surface area contributed by atoms with E-state index in [-0.39, 0.29) is 0 Å². The molecule has 2 rings (SSSR count). The van der Waals surface area contributed by atoms with E-state index >= 15 is 0 Å². The van der Waals surface area contributed by atoms with Gasteiger partial charge in [0.05, 0.1) is 19.3 Å². The van der Waals surface area contributed by atoms with Crippen LogP contribution in [0.15, 0.2) is 4.99 Å². The van der Waals surface area contributed by atoms with Crippen molar-refractivity contribution in [2.45, 2.75) is 45.1 Å². The monoisotopic (exact) mass is 340 g/mol. The van der Waals surface area contributed by atoms with Crippen molar-refractivity contribution in [2.75, 3.05) is 59.6 Å². The molecular weight excluding hydrogens is 304 g/mol. The molecule has 1 unspecified atom stereocenters. The van der Waals surface area contributed by atoms with Crippen molar-refractivity contribution in [3.05, 3.63) is 0 Å². The average molecular weight is 341 g/mol. The molecule has 0 bridgehead atoms. The summed E-state index contributed by atoms with van der Waals surface area (Å²) >= 11 is 0. The van der Waals surface area contributed by atoms with E-state index in [9.17, 15) is 0 Å². The summed E-state index contributed by atoms with van der Waals surface area (Å²) in [5, 5.41) is 6.84. The Balaban J connectivity index is 1.60. The predicted octanol–water partition coefficient (Wildman–Crippen LogP) is 1.47. The van der Waals surface area contributed by atoms with Crippen LogP contribution in [-0.4, -0.2) is 76.6 Å². The van der Waals surface area contributed by atoms with E-state index < -0.39 is 0 Å². The van der Waals surface area contributed by atoms with Gasteiger partial charge in [0.1, 0.15) is 0 Å². The van der Waals surface area contributed by atoms with Crippen molar-refractivity contribution in [1.82, 2.24) is 15.5 Å². The van der Waals surface area contributed by atoms with Gasteiger partial charge in [-0.25, -0.2) is 0 Å². The molecule has 0 aromatic rings. The van der Waals surface area contributed by atoms with Gasteiger partial charge in [-0.2, -0.15) is 0 Å². The lowest BCUT2D eigenvalue weighted by molar-refractivity contribution is 0.0169. The number of ether oxygens (including phenoxy) is 2. The van der Waals surface area contributed by atoms with E-state index in [0.29, 0.717) is 6.10 Å². The van der Waals surface area contributed by atoms with E-state index in [0.717, 1.165) is 70.8 Å².